The van der Waals surface area contributed by atoms with Gasteiger partial charge < -0.3 is 19.0 Å². The lowest BCUT2D eigenvalue weighted by atomic mass is 10.2. The molecule has 0 aliphatic carbocycles. The highest BCUT2D eigenvalue weighted by Gasteiger charge is 2.49. The van der Waals surface area contributed by atoms with Crippen molar-refractivity contribution in [2.45, 2.75) is 51.0 Å². The molecule has 0 heterocycles. The molecule has 5 heteroatoms. The molecule has 30 heavy (non-hydrogen) atoms. The smallest absolute Gasteiger partial charge is 0.261 e. The molecular weight excluding hydrogens is 392 g/mol. The quantitative estimate of drug-likeness (QED) is 0.289. The standard InChI is InChI=1S/C25H34O4Si/c1-25(2,3)30(22-15-8-6-9-16-22,23-17-10-7-11-18-23)29-19-13-12-14-21(26)20-24(27-4)28-5/h6-11,15-18,21,24,26H,13,19-20H2,1-5H3/t21-/m0/s1. The predicted octanol–water partition coefficient (Wildman–Crippen LogP) is 3.33. The Hall–Kier alpha value is -1.94. The third-order valence-electron chi connectivity index (χ3n) is 5.17. The number of rotatable bonds is 9. The number of aliphatic hydroxyl groups excluding tert-OH is 1. The van der Waals surface area contributed by atoms with E-state index >= 15 is 0 Å². The summed E-state index contributed by atoms with van der Waals surface area (Å²) in [5, 5.41) is 12.5. The second-order valence-electron chi connectivity index (χ2n) is 8.24. The van der Waals surface area contributed by atoms with Crippen LogP contribution in [0.2, 0.25) is 5.04 Å². The van der Waals surface area contributed by atoms with Crippen molar-refractivity contribution in [3.8, 4) is 11.8 Å². The second kappa shape index (κ2) is 11.4. The van der Waals surface area contributed by atoms with Gasteiger partial charge in [-0.2, -0.15) is 0 Å². The third kappa shape index (κ3) is 6.04. The summed E-state index contributed by atoms with van der Waals surface area (Å²) in [6.45, 7) is 7.27. The molecular formula is C25H34O4Si. The van der Waals surface area contributed by atoms with E-state index in [1.54, 1.807) is 14.2 Å². The van der Waals surface area contributed by atoms with Gasteiger partial charge in [0.1, 0.15) is 6.10 Å². The zero-order valence-corrected chi connectivity index (χ0v) is 19.7. The lowest BCUT2D eigenvalue weighted by Crippen LogP contribution is -2.66. The number of methoxy groups -OCH3 is 2. The zero-order valence-electron chi connectivity index (χ0n) is 18.7. The monoisotopic (exact) mass is 426 g/mol. The molecule has 0 fully saturated rings. The molecule has 2 aromatic carbocycles. The zero-order chi connectivity index (χ0) is 22.0. The molecule has 0 aromatic heterocycles. The first-order chi connectivity index (χ1) is 14.3. The molecule has 4 nitrogen and oxygen atoms in total. The number of benzene rings is 2. The fraction of sp³-hybridized carbons (Fsp3) is 0.440. The van der Waals surface area contributed by atoms with Crippen molar-refractivity contribution in [1.29, 1.82) is 0 Å². The number of hydrogen-bond acceptors (Lipinski definition) is 4. The highest BCUT2D eigenvalue weighted by atomic mass is 28.4. The highest BCUT2D eigenvalue weighted by Crippen LogP contribution is 2.36. The molecule has 0 spiro atoms. The molecule has 0 bridgehead atoms. The fourth-order valence-corrected chi connectivity index (χ4v) is 8.30. The van der Waals surface area contributed by atoms with Crippen molar-refractivity contribution in [3.05, 3.63) is 60.7 Å². The topological polar surface area (TPSA) is 47.9 Å². The van der Waals surface area contributed by atoms with Gasteiger partial charge in [0.05, 0.1) is 0 Å². The van der Waals surface area contributed by atoms with Crippen molar-refractivity contribution in [1.82, 2.24) is 0 Å². The van der Waals surface area contributed by atoms with Gasteiger partial charge >= 0.3 is 0 Å². The number of ether oxygens (including phenoxy) is 2. The van der Waals surface area contributed by atoms with Crippen LogP contribution in [0.25, 0.3) is 0 Å². The van der Waals surface area contributed by atoms with Gasteiger partial charge in [-0.1, -0.05) is 93.3 Å². The van der Waals surface area contributed by atoms with Crippen LogP contribution in [0.3, 0.4) is 0 Å². The average molecular weight is 427 g/mol. The lowest BCUT2D eigenvalue weighted by Gasteiger charge is -2.43. The Balaban J connectivity index is 2.21. The lowest BCUT2D eigenvalue weighted by molar-refractivity contribution is -0.117. The number of hydrogen-bond donors (Lipinski definition) is 1. The molecule has 162 valence electrons. The summed E-state index contributed by atoms with van der Waals surface area (Å²) in [4.78, 5) is 0. The maximum atomic E-state index is 10.1. The predicted molar refractivity (Wildman–Crippen MR) is 124 cm³/mol. The fourth-order valence-electron chi connectivity index (χ4n) is 3.74. The first-order valence-electron chi connectivity index (χ1n) is 10.3. The van der Waals surface area contributed by atoms with E-state index in [1.165, 1.54) is 10.4 Å². The Morgan fingerprint density at radius 3 is 1.83 bits per heavy atom. The van der Waals surface area contributed by atoms with E-state index in [1.807, 2.05) is 12.1 Å². The van der Waals surface area contributed by atoms with Crippen LogP contribution in [0, 0.1) is 11.8 Å². The van der Waals surface area contributed by atoms with Crippen LogP contribution in [0.15, 0.2) is 60.7 Å². The molecule has 0 aliphatic rings. The van der Waals surface area contributed by atoms with Gasteiger partial charge in [0.2, 0.25) is 0 Å². The molecule has 0 unspecified atom stereocenters. The molecule has 1 N–H and O–H groups in total. The molecule has 0 radical (unpaired) electrons. The van der Waals surface area contributed by atoms with Gasteiger partial charge in [-0.25, -0.2) is 0 Å². The van der Waals surface area contributed by atoms with Crippen LogP contribution in [-0.2, 0) is 13.9 Å². The van der Waals surface area contributed by atoms with Crippen LogP contribution in [-0.4, -0.2) is 46.6 Å². The number of aliphatic hydroxyl groups is 1. The molecule has 0 saturated carbocycles. The minimum absolute atomic E-state index is 0.0627. The summed E-state index contributed by atoms with van der Waals surface area (Å²) >= 11 is 0. The third-order valence-corrected chi connectivity index (χ3v) is 10.2. The van der Waals surface area contributed by atoms with Gasteiger partial charge in [0, 0.05) is 33.7 Å². The summed E-state index contributed by atoms with van der Waals surface area (Å²) in [5.74, 6) is 5.92. The molecule has 0 saturated heterocycles. The van der Waals surface area contributed by atoms with Crippen LogP contribution in [0.4, 0.5) is 0 Å². The summed E-state index contributed by atoms with van der Waals surface area (Å²) < 4.78 is 17.0. The maximum absolute atomic E-state index is 10.1. The molecule has 2 aromatic rings. The van der Waals surface area contributed by atoms with Gasteiger partial charge in [-0.15, -0.1) is 0 Å². The average Bonchev–Trinajstić information content (AvgIpc) is 2.75. The van der Waals surface area contributed by atoms with E-state index in [0.29, 0.717) is 19.4 Å². The van der Waals surface area contributed by atoms with Crippen LogP contribution in [0.5, 0.6) is 0 Å². The highest BCUT2D eigenvalue weighted by molar-refractivity contribution is 6.99. The van der Waals surface area contributed by atoms with Crippen molar-refractivity contribution < 1.29 is 19.0 Å². The largest absolute Gasteiger partial charge is 0.406 e. The van der Waals surface area contributed by atoms with E-state index < -0.39 is 20.7 Å². The maximum Gasteiger partial charge on any atom is 0.261 e. The summed E-state index contributed by atoms with van der Waals surface area (Å²) in [6, 6.07) is 21.1. The van der Waals surface area contributed by atoms with Crippen molar-refractivity contribution in [2.75, 3.05) is 20.8 Å². The van der Waals surface area contributed by atoms with E-state index in [2.05, 4.69) is 81.1 Å². The van der Waals surface area contributed by atoms with Gasteiger partial charge in [0.25, 0.3) is 8.32 Å². The van der Waals surface area contributed by atoms with Gasteiger partial charge in [-0.3, -0.25) is 0 Å². The summed E-state index contributed by atoms with van der Waals surface area (Å²) in [6.07, 6.45) is -0.382. The minimum Gasteiger partial charge on any atom is -0.406 e. The SMILES string of the molecule is COC(C[C@@H](O)C#CCCO[Si](c1ccccc1)(c1ccccc1)C(C)(C)C)OC. The minimum atomic E-state index is -2.53. The second-order valence-corrected chi connectivity index (χ2v) is 12.5. The van der Waals surface area contributed by atoms with Crippen LogP contribution in [0.1, 0.15) is 33.6 Å². The summed E-state index contributed by atoms with van der Waals surface area (Å²) in [7, 11) is 0.561. The van der Waals surface area contributed by atoms with Gasteiger partial charge in [-0.05, 0) is 15.4 Å². The van der Waals surface area contributed by atoms with Crippen molar-refractivity contribution in [2.24, 2.45) is 0 Å². The Bertz CT molecular complexity index is 762. The normalized spacial score (nSPS) is 13.0. The van der Waals surface area contributed by atoms with Gasteiger partial charge in [0.15, 0.2) is 6.29 Å². The van der Waals surface area contributed by atoms with E-state index in [4.69, 9.17) is 13.9 Å². The Morgan fingerprint density at radius 2 is 1.40 bits per heavy atom. The van der Waals surface area contributed by atoms with Crippen LogP contribution >= 0.6 is 0 Å². The van der Waals surface area contributed by atoms with Crippen molar-refractivity contribution in [3.63, 3.8) is 0 Å². The van der Waals surface area contributed by atoms with Crippen molar-refractivity contribution >= 4 is 18.7 Å². The molecule has 0 amide bonds. The van der Waals surface area contributed by atoms with Crippen LogP contribution < -0.4 is 10.4 Å². The first-order valence-corrected chi connectivity index (χ1v) is 12.2. The van der Waals surface area contributed by atoms with E-state index in [0.717, 1.165) is 0 Å². The molecule has 1 atom stereocenters. The first kappa shape index (κ1) is 24.3. The van der Waals surface area contributed by atoms with E-state index in [-0.39, 0.29) is 5.04 Å². The molecule has 0 aliphatic heterocycles. The van der Waals surface area contributed by atoms with E-state index in [9.17, 15) is 5.11 Å². The Morgan fingerprint density at radius 1 is 0.900 bits per heavy atom. The Kier molecular flexibility index (Phi) is 9.28. The summed E-state index contributed by atoms with van der Waals surface area (Å²) in [5.41, 5.74) is 0. The Labute approximate surface area is 182 Å². The molecule has 2 rings (SSSR count).